The molecule has 4 heterocycles. The van der Waals surface area contributed by atoms with Crippen molar-refractivity contribution in [3.05, 3.63) is 58.4 Å². The van der Waals surface area contributed by atoms with Gasteiger partial charge in [0.25, 0.3) is 0 Å². The molecule has 1 N–H and O–H groups in total. The number of amides is 1. The van der Waals surface area contributed by atoms with Crippen LogP contribution in [0.25, 0.3) is 11.5 Å². The smallest absolute Gasteiger partial charge is 0.324 e. The standard InChI is InChI=1S/C19H13Cl2F3N8O/c1-18(19(22,23)24)6-10(11-8-25-14-5-13(21)30-31(14)15(11)18)17(33)29-9-4-12(20)16(26-7-9)32-27-2-3-28-32/h2-5,7-8,10H,6H2,1H3,(H,29,33)/t10-,18-/m1/s1. The van der Waals surface area contributed by atoms with Crippen LogP contribution in [0.15, 0.2) is 36.9 Å². The van der Waals surface area contributed by atoms with Gasteiger partial charge in [0.15, 0.2) is 16.6 Å². The number of carbonyl (C=O) groups excluding carboxylic acids is 1. The van der Waals surface area contributed by atoms with Gasteiger partial charge in [-0.1, -0.05) is 23.2 Å². The molecule has 33 heavy (non-hydrogen) atoms. The van der Waals surface area contributed by atoms with Crippen LogP contribution in [0.4, 0.5) is 18.9 Å². The van der Waals surface area contributed by atoms with Gasteiger partial charge in [-0.2, -0.15) is 28.5 Å². The number of anilines is 1. The third-order valence-electron chi connectivity index (χ3n) is 5.63. The van der Waals surface area contributed by atoms with Gasteiger partial charge in [-0.15, -0.1) is 4.80 Å². The molecule has 9 nitrogen and oxygen atoms in total. The lowest BCUT2D eigenvalue weighted by Gasteiger charge is -2.28. The first kappa shape index (κ1) is 21.6. The monoisotopic (exact) mass is 496 g/mol. The molecule has 1 aliphatic rings. The fraction of sp³-hybridized carbons (Fsp3) is 0.263. The van der Waals surface area contributed by atoms with E-state index in [1.165, 1.54) is 41.7 Å². The number of nitrogens with zero attached hydrogens (tertiary/aromatic N) is 7. The fourth-order valence-electron chi connectivity index (χ4n) is 4.03. The Kier molecular flexibility index (Phi) is 4.83. The normalized spacial score (nSPS) is 20.2. The molecule has 14 heteroatoms. The van der Waals surface area contributed by atoms with E-state index in [9.17, 15) is 18.0 Å². The summed E-state index contributed by atoms with van der Waals surface area (Å²) < 4.78 is 43.6. The lowest BCUT2D eigenvalue weighted by atomic mass is 9.85. The molecule has 0 bridgehead atoms. The van der Waals surface area contributed by atoms with Crippen LogP contribution < -0.4 is 5.32 Å². The second kappa shape index (κ2) is 7.39. The third-order valence-corrected chi connectivity index (χ3v) is 6.09. The topological polar surface area (TPSA) is 103 Å². The summed E-state index contributed by atoms with van der Waals surface area (Å²) in [5.74, 6) is -1.57. The highest BCUT2D eigenvalue weighted by molar-refractivity contribution is 6.32. The molecule has 0 aromatic carbocycles. The second-order valence-electron chi connectivity index (χ2n) is 7.72. The number of carbonyl (C=O) groups is 1. The molecule has 0 saturated carbocycles. The van der Waals surface area contributed by atoms with E-state index in [4.69, 9.17) is 23.2 Å². The molecule has 1 aliphatic carbocycles. The number of fused-ring (bicyclic) bond motifs is 3. The Morgan fingerprint density at radius 2 is 1.91 bits per heavy atom. The minimum Gasteiger partial charge on any atom is -0.324 e. The molecule has 5 rings (SSSR count). The SMILES string of the molecule is C[C@@]1(C(F)(F)F)C[C@@H](C(=O)Nc2cnc(-n3nccn3)c(Cl)c2)c2cnc3cc(Cl)nn3c21. The molecule has 0 aliphatic heterocycles. The van der Waals surface area contributed by atoms with Crippen LogP contribution in [0.1, 0.15) is 30.5 Å². The van der Waals surface area contributed by atoms with E-state index in [1.807, 2.05) is 0 Å². The zero-order valence-corrected chi connectivity index (χ0v) is 18.2. The third kappa shape index (κ3) is 3.40. The maximum Gasteiger partial charge on any atom is 0.399 e. The number of nitrogens with one attached hydrogen (secondary N) is 1. The minimum absolute atomic E-state index is 0.000744. The molecular weight excluding hydrogens is 484 g/mol. The van der Waals surface area contributed by atoms with Crippen molar-refractivity contribution in [1.82, 2.24) is 34.6 Å². The Morgan fingerprint density at radius 3 is 2.58 bits per heavy atom. The molecule has 0 unspecified atom stereocenters. The van der Waals surface area contributed by atoms with Gasteiger partial charge in [0.2, 0.25) is 5.91 Å². The number of halogens is 5. The van der Waals surface area contributed by atoms with Crippen molar-refractivity contribution in [2.45, 2.75) is 30.9 Å². The zero-order valence-electron chi connectivity index (χ0n) is 16.7. The van der Waals surface area contributed by atoms with Crippen LogP contribution in [0.5, 0.6) is 0 Å². The van der Waals surface area contributed by atoms with E-state index in [0.717, 1.165) is 11.4 Å². The zero-order chi connectivity index (χ0) is 23.5. The Balaban J connectivity index is 1.51. The van der Waals surface area contributed by atoms with Gasteiger partial charge in [-0.3, -0.25) is 4.79 Å². The van der Waals surface area contributed by atoms with Crippen LogP contribution in [-0.2, 0) is 10.2 Å². The predicted octanol–water partition coefficient (Wildman–Crippen LogP) is 3.96. The number of rotatable bonds is 3. The van der Waals surface area contributed by atoms with Crippen LogP contribution in [-0.4, -0.2) is 46.7 Å². The molecule has 4 aromatic rings. The summed E-state index contributed by atoms with van der Waals surface area (Å²) in [5.41, 5.74) is -2.01. The maximum absolute atomic E-state index is 14.2. The average molecular weight is 497 g/mol. The van der Waals surface area contributed by atoms with Gasteiger partial charge in [0, 0.05) is 17.8 Å². The summed E-state index contributed by atoms with van der Waals surface area (Å²) in [6.45, 7) is 1.04. The molecule has 0 spiro atoms. The van der Waals surface area contributed by atoms with Crippen LogP contribution in [0, 0.1) is 0 Å². The quantitative estimate of drug-likeness (QED) is 0.460. The van der Waals surface area contributed by atoms with Crippen molar-refractivity contribution in [2.24, 2.45) is 0 Å². The number of hydrogen-bond acceptors (Lipinski definition) is 6. The molecule has 0 fully saturated rings. The minimum atomic E-state index is -4.65. The second-order valence-corrected chi connectivity index (χ2v) is 8.52. The lowest BCUT2D eigenvalue weighted by molar-refractivity contribution is -0.187. The van der Waals surface area contributed by atoms with Crippen molar-refractivity contribution < 1.29 is 18.0 Å². The molecule has 0 saturated heterocycles. The van der Waals surface area contributed by atoms with E-state index in [1.54, 1.807) is 0 Å². The molecule has 1 amide bonds. The summed E-state index contributed by atoms with van der Waals surface area (Å²) in [4.78, 5) is 22.6. The van der Waals surface area contributed by atoms with Crippen molar-refractivity contribution in [1.29, 1.82) is 0 Å². The molecule has 170 valence electrons. The summed E-state index contributed by atoms with van der Waals surface area (Å²) in [7, 11) is 0. The molecule has 4 aromatic heterocycles. The molecule has 0 radical (unpaired) electrons. The number of aromatic nitrogens is 7. The van der Waals surface area contributed by atoms with Gasteiger partial charge in [-0.25, -0.2) is 14.5 Å². The Labute approximate surface area is 193 Å². The highest BCUT2D eigenvalue weighted by Crippen LogP contribution is 2.54. The Morgan fingerprint density at radius 1 is 1.18 bits per heavy atom. The van der Waals surface area contributed by atoms with Gasteiger partial charge in [0.05, 0.1) is 40.9 Å². The van der Waals surface area contributed by atoms with Crippen LogP contribution in [0.2, 0.25) is 10.2 Å². The maximum atomic E-state index is 14.2. The first-order chi connectivity index (χ1) is 15.6. The van der Waals surface area contributed by atoms with Crippen molar-refractivity contribution >= 4 is 40.4 Å². The van der Waals surface area contributed by atoms with E-state index >= 15 is 0 Å². The number of alkyl halides is 3. The fourth-order valence-corrected chi connectivity index (χ4v) is 4.44. The van der Waals surface area contributed by atoms with Gasteiger partial charge in [0.1, 0.15) is 5.41 Å². The summed E-state index contributed by atoms with van der Waals surface area (Å²) in [5, 5.41) is 14.6. The van der Waals surface area contributed by atoms with Gasteiger partial charge < -0.3 is 5.32 Å². The first-order valence-electron chi connectivity index (χ1n) is 9.53. The summed E-state index contributed by atoms with van der Waals surface area (Å²) in [6.07, 6.45) is 0.304. The van der Waals surface area contributed by atoms with Gasteiger partial charge in [-0.05, 0) is 19.4 Å². The van der Waals surface area contributed by atoms with E-state index in [2.05, 4.69) is 30.6 Å². The highest BCUT2D eigenvalue weighted by Gasteiger charge is 2.60. The number of hydrogen-bond donors (Lipinski definition) is 1. The Hall–Kier alpha value is -3.25. The first-order valence-corrected chi connectivity index (χ1v) is 10.3. The van der Waals surface area contributed by atoms with Crippen molar-refractivity contribution in [3.8, 4) is 5.82 Å². The number of pyridine rings is 1. The van der Waals surface area contributed by atoms with E-state index in [-0.39, 0.29) is 38.6 Å². The predicted molar refractivity (Wildman–Crippen MR) is 112 cm³/mol. The average Bonchev–Trinajstić information content (AvgIpc) is 3.45. The summed E-state index contributed by atoms with van der Waals surface area (Å²) in [6, 6.07) is 2.77. The Bertz CT molecular complexity index is 1390. The van der Waals surface area contributed by atoms with Crippen molar-refractivity contribution in [3.63, 3.8) is 0 Å². The molecular formula is C19H13Cl2F3N8O. The molecule has 2 atom stereocenters. The highest BCUT2D eigenvalue weighted by atomic mass is 35.5. The largest absolute Gasteiger partial charge is 0.399 e. The lowest BCUT2D eigenvalue weighted by Crippen LogP contribution is -2.39. The van der Waals surface area contributed by atoms with E-state index in [0.29, 0.717) is 0 Å². The summed E-state index contributed by atoms with van der Waals surface area (Å²) >= 11 is 12.1. The van der Waals surface area contributed by atoms with Crippen LogP contribution in [0.3, 0.4) is 0 Å². The van der Waals surface area contributed by atoms with Gasteiger partial charge >= 0.3 is 6.18 Å². The van der Waals surface area contributed by atoms with Crippen molar-refractivity contribution in [2.75, 3.05) is 5.32 Å². The van der Waals surface area contributed by atoms with E-state index < -0.39 is 29.8 Å². The van der Waals surface area contributed by atoms with Crippen LogP contribution >= 0.6 is 23.2 Å².